The van der Waals surface area contributed by atoms with Crippen molar-refractivity contribution >= 4 is 67.1 Å². The molecule has 0 bridgehead atoms. The number of aromatic nitrogens is 6. The SMILES string of the molecule is Cc1c2cnccc2c(-c2c3cnccc3c(C)c3nsnc23)c2nsnc12. The van der Waals surface area contributed by atoms with Crippen molar-refractivity contribution in [3.8, 4) is 11.1 Å². The van der Waals surface area contributed by atoms with E-state index in [0.717, 1.165) is 65.9 Å². The number of hydrogen-bond donors (Lipinski definition) is 0. The van der Waals surface area contributed by atoms with Gasteiger partial charge in [0.05, 0.1) is 23.5 Å². The fraction of sp³-hybridized carbons (Fsp3) is 0.100. The first kappa shape index (κ1) is 15.9. The highest BCUT2D eigenvalue weighted by Gasteiger charge is 2.23. The van der Waals surface area contributed by atoms with Crippen molar-refractivity contribution in [2.75, 3.05) is 0 Å². The maximum atomic E-state index is 4.67. The second-order valence-electron chi connectivity index (χ2n) is 6.77. The summed E-state index contributed by atoms with van der Waals surface area (Å²) in [6.07, 6.45) is 7.46. The average molecular weight is 400 g/mol. The van der Waals surface area contributed by atoms with Gasteiger partial charge in [-0.3, -0.25) is 9.97 Å². The summed E-state index contributed by atoms with van der Waals surface area (Å²) >= 11 is 2.47. The van der Waals surface area contributed by atoms with Gasteiger partial charge in [0.2, 0.25) is 0 Å². The second kappa shape index (κ2) is 5.70. The van der Waals surface area contributed by atoms with Crippen LogP contribution in [0.25, 0.3) is 54.7 Å². The third-order valence-corrected chi connectivity index (χ3v) is 6.46. The molecular formula is C20H12N6S2. The molecule has 6 nitrogen and oxygen atoms in total. The zero-order valence-electron chi connectivity index (χ0n) is 15.0. The van der Waals surface area contributed by atoms with Crippen LogP contribution >= 0.6 is 23.5 Å². The van der Waals surface area contributed by atoms with Gasteiger partial charge in [-0.15, -0.1) is 0 Å². The summed E-state index contributed by atoms with van der Waals surface area (Å²) in [5.74, 6) is 0. The smallest absolute Gasteiger partial charge is 0.113 e. The molecule has 0 aliphatic carbocycles. The van der Waals surface area contributed by atoms with Gasteiger partial charge < -0.3 is 0 Å². The van der Waals surface area contributed by atoms with Crippen molar-refractivity contribution in [2.45, 2.75) is 13.8 Å². The lowest BCUT2D eigenvalue weighted by Gasteiger charge is -2.14. The van der Waals surface area contributed by atoms with Crippen LogP contribution in [0, 0.1) is 13.8 Å². The van der Waals surface area contributed by atoms with Crippen LogP contribution in [0.15, 0.2) is 36.9 Å². The Hall–Kier alpha value is -3.10. The molecule has 0 unspecified atom stereocenters. The lowest BCUT2D eigenvalue weighted by molar-refractivity contribution is 1.35. The normalized spacial score (nSPS) is 11.9. The summed E-state index contributed by atoms with van der Waals surface area (Å²) in [5, 5.41) is 4.35. The van der Waals surface area contributed by atoms with Gasteiger partial charge >= 0.3 is 0 Å². The van der Waals surface area contributed by atoms with Crippen molar-refractivity contribution in [2.24, 2.45) is 0 Å². The summed E-state index contributed by atoms with van der Waals surface area (Å²) < 4.78 is 18.5. The van der Waals surface area contributed by atoms with E-state index in [-0.39, 0.29) is 0 Å². The van der Waals surface area contributed by atoms with Crippen molar-refractivity contribution in [3.05, 3.63) is 48.0 Å². The zero-order chi connectivity index (χ0) is 18.8. The molecule has 0 N–H and O–H groups in total. The summed E-state index contributed by atoms with van der Waals surface area (Å²) in [7, 11) is 0. The molecule has 0 saturated carbocycles. The fourth-order valence-electron chi connectivity index (χ4n) is 4.05. The number of benzene rings is 2. The number of fused-ring (bicyclic) bond motifs is 4. The van der Waals surface area contributed by atoms with Gasteiger partial charge in [-0.2, -0.15) is 17.5 Å². The number of aryl methyl sites for hydroxylation is 2. The molecule has 28 heavy (non-hydrogen) atoms. The van der Waals surface area contributed by atoms with Crippen molar-refractivity contribution in [1.29, 1.82) is 0 Å². The minimum absolute atomic E-state index is 0.888. The van der Waals surface area contributed by atoms with E-state index in [1.807, 2.05) is 36.9 Å². The Bertz CT molecular complexity index is 1430. The first-order chi connectivity index (χ1) is 13.8. The minimum Gasteiger partial charge on any atom is -0.264 e. The zero-order valence-corrected chi connectivity index (χ0v) is 16.6. The molecule has 0 radical (unpaired) electrons. The third-order valence-electron chi connectivity index (χ3n) is 5.40. The van der Waals surface area contributed by atoms with Crippen molar-refractivity contribution in [3.63, 3.8) is 0 Å². The quantitative estimate of drug-likeness (QED) is 0.383. The van der Waals surface area contributed by atoms with Crippen LogP contribution in [0.2, 0.25) is 0 Å². The maximum absolute atomic E-state index is 4.67. The molecule has 4 aromatic heterocycles. The van der Waals surface area contributed by atoms with E-state index >= 15 is 0 Å². The minimum atomic E-state index is 0.888. The standard InChI is InChI=1S/C20H12N6S2/c1-9-11-3-5-22-8-14(11)16(20-17(9)23-27-26-20)15-12-4-6-21-7-13(12)10(2)18-19(15)25-28-24-18/h3-8H,1-2H3. The number of rotatable bonds is 1. The molecule has 2 aromatic carbocycles. The van der Waals surface area contributed by atoms with Crippen LogP contribution in [0.3, 0.4) is 0 Å². The summed E-state index contributed by atoms with van der Waals surface area (Å²) in [6, 6.07) is 4.09. The van der Waals surface area contributed by atoms with Crippen LogP contribution in [0.5, 0.6) is 0 Å². The highest BCUT2D eigenvalue weighted by Crippen LogP contribution is 2.44. The lowest BCUT2D eigenvalue weighted by atomic mass is 9.89. The number of hydrogen-bond acceptors (Lipinski definition) is 8. The highest BCUT2D eigenvalue weighted by atomic mass is 32.1. The predicted molar refractivity (Wildman–Crippen MR) is 114 cm³/mol. The largest absolute Gasteiger partial charge is 0.264 e. The number of pyridine rings is 2. The van der Waals surface area contributed by atoms with Gasteiger partial charge in [0.15, 0.2) is 0 Å². The Morgan fingerprint density at radius 3 is 1.75 bits per heavy atom. The average Bonchev–Trinajstić information content (AvgIpc) is 3.40. The van der Waals surface area contributed by atoms with Gasteiger partial charge in [-0.25, -0.2) is 0 Å². The molecule has 0 aliphatic heterocycles. The Balaban J connectivity index is 1.96. The number of nitrogens with zero attached hydrogens (tertiary/aromatic N) is 6. The second-order valence-corrected chi connectivity index (χ2v) is 7.82. The summed E-state index contributed by atoms with van der Waals surface area (Å²) in [4.78, 5) is 8.75. The maximum Gasteiger partial charge on any atom is 0.113 e. The Morgan fingerprint density at radius 1 is 0.571 bits per heavy atom. The van der Waals surface area contributed by atoms with E-state index in [2.05, 4.69) is 41.3 Å². The first-order valence-electron chi connectivity index (χ1n) is 8.73. The van der Waals surface area contributed by atoms with Crippen LogP contribution in [-0.4, -0.2) is 27.5 Å². The Kier molecular flexibility index (Phi) is 3.24. The van der Waals surface area contributed by atoms with Gasteiger partial charge in [-0.1, -0.05) is 0 Å². The van der Waals surface area contributed by atoms with E-state index in [9.17, 15) is 0 Å². The topological polar surface area (TPSA) is 77.3 Å². The molecule has 0 atom stereocenters. The molecule has 0 amide bonds. The Labute approximate surface area is 167 Å². The predicted octanol–water partition coefficient (Wildman–Crippen LogP) is 5.08. The van der Waals surface area contributed by atoms with Gasteiger partial charge in [0, 0.05) is 46.7 Å². The molecule has 6 rings (SSSR count). The molecule has 4 heterocycles. The molecule has 134 valence electrons. The molecule has 6 aromatic rings. The van der Waals surface area contributed by atoms with Crippen molar-refractivity contribution in [1.82, 2.24) is 27.5 Å². The molecule has 8 heteroatoms. The molecule has 0 aliphatic rings. The van der Waals surface area contributed by atoms with Crippen molar-refractivity contribution < 1.29 is 0 Å². The summed E-state index contributed by atoms with van der Waals surface area (Å²) in [5.41, 5.74) is 7.89. The van der Waals surface area contributed by atoms with E-state index in [0.29, 0.717) is 0 Å². The Morgan fingerprint density at radius 2 is 1.07 bits per heavy atom. The van der Waals surface area contributed by atoms with E-state index < -0.39 is 0 Å². The monoisotopic (exact) mass is 400 g/mol. The van der Waals surface area contributed by atoms with Gasteiger partial charge in [0.25, 0.3) is 0 Å². The molecule has 0 spiro atoms. The fourth-order valence-corrected chi connectivity index (χ4v) is 5.26. The molecular weight excluding hydrogens is 388 g/mol. The van der Waals surface area contributed by atoms with E-state index in [4.69, 9.17) is 0 Å². The molecule has 0 fully saturated rings. The third kappa shape index (κ3) is 1.96. The van der Waals surface area contributed by atoms with E-state index in [1.54, 1.807) is 0 Å². The molecule has 0 saturated heterocycles. The van der Waals surface area contributed by atoms with Gasteiger partial charge in [0.1, 0.15) is 22.1 Å². The van der Waals surface area contributed by atoms with Gasteiger partial charge in [-0.05, 0) is 47.9 Å². The lowest BCUT2D eigenvalue weighted by Crippen LogP contribution is -1.94. The first-order valence-corrected chi connectivity index (χ1v) is 10.2. The van der Waals surface area contributed by atoms with Crippen LogP contribution in [0.1, 0.15) is 11.1 Å². The van der Waals surface area contributed by atoms with Crippen LogP contribution in [0.4, 0.5) is 0 Å². The van der Waals surface area contributed by atoms with Crippen LogP contribution in [-0.2, 0) is 0 Å². The van der Waals surface area contributed by atoms with Crippen LogP contribution < -0.4 is 0 Å². The highest BCUT2D eigenvalue weighted by molar-refractivity contribution is 7.00. The van der Waals surface area contributed by atoms with E-state index in [1.165, 1.54) is 23.5 Å². The summed E-state index contributed by atoms with van der Waals surface area (Å²) in [6.45, 7) is 4.17.